The Bertz CT molecular complexity index is 657. The maximum Gasteiger partial charge on any atom is 0.238 e. The van der Waals surface area contributed by atoms with Gasteiger partial charge in [-0.3, -0.25) is 0 Å². The fraction of sp³-hybridized carbons (Fsp3) is 0.471. The number of para-hydroxylation sites is 1. The van der Waals surface area contributed by atoms with Crippen LogP contribution in [0.3, 0.4) is 0 Å². The minimum atomic E-state index is -0.508. The minimum absolute atomic E-state index is 0.186. The van der Waals surface area contributed by atoms with Crippen molar-refractivity contribution in [3.05, 3.63) is 35.9 Å². The summed E-state index contributed by atoms with van der Waals surface area (Å²) in [6, 6.07) is 9.77. The normalized spacial score (nSPS) is 18.0. The lowest BCUT2D eigenvalue weighted by Gasteiger charge is -2.34. The summed E-state index contributed by atoms with van der Waals surface area (Å²) in [6.07, 6.45) is 0. The summed E-state index contributed by atoms with van der Waals surface area (Å²) in [5.41, 5.74) is 7.90. The number of hydrogen-bond acceptors (Lipinski definition) is 5. The van der Waals surface area contributed by atoms with E-state index in [0.717, 1.165) is 11.3 Å². The molecule has 0 saturated carbocycles. The zero-order valence-corrected chi connectivity index (χ0v) is 13.8. The number of aromatic nitrogens is 2. The molecule has 0 unspecified atom stereocenters. The van der Waals surface area contributed by atoms with E-state index in [9.17, 15) is 0 Å². The smallest absolute Gasteiger partial charge is 0.238 e. The maximum atomic E-state index is 6.15. The molecule has 1 fully saturated rings. The fourth-order valence-corrected chi connectivity index (χ4v) is 2.41. The Kier molecular flexibility index (Phi) is 4.28. The second kappa shape index (κ2) is 6.22. The Balaban J connectivity index is 1.67. The molecule has 0 atom stereocenters. The molecule has 6 nitrogen and oxygen atoms in total. The van der Waals surface area contributed by atoms with Crippen molar-refractivity contribution in [2.45, 2.75) is 26.6 Å². The number of rotatable bonds is 4. The van der Waals surface area contributed by atoms with E-state index < -0.39 is 5.79 Å². The van der Waals surface area contributed by atoms with Crippen molar-refractivity contribution in [2.75, 3.05) is 25.6 Å². The molecule has 2 aromatic rings. The van der Waals surface area contributed by atoms with Crippen molar-refractivity contribution in [1.29, 1.82) is 0 Å². The summed E-state index contributed by atoms with van der Waals surface area (Å²) in [5.74, 6) is 0.816. The lowest BCUT2D eigenvalue weighted by atomic mass is 10.1. The van der Waals surface area contributed by atoms with Gasteiger partial charge in [0.05, 0.1) is 31.1 Å². The van der Waals surface area contributed by atoms with E-state index in [2.05, 4.69) is 5.10 Å². The molecule has 3 rings (SSSR count). The number of benzene rings is 1. The third kappa shape index (κ3) is 3.48. The summed E-state index contributed by atoms with van der Waals surface area (Å²) < 4.78 is 18.8. The highest BCUT2D eigenvalue weighted by Crippen LogP contribution is 2.27. The lowest BCUT2D eigenvalue weighted by molar-refractivity contribution is -0.264. The highest BCUT2D eigenvalue weighted by molar-refractivity contribution is 5.51. The van der Waals surface area contributed by atoms with Crippen molar-refractivity contribution < 1.29 is 14.2 Å². The summed E-state index contributed by atoms with van der Waals surface area (Å²) in [7, 11) is 0. The molecule has 1 aliphatic rings. The number of ether oxygens (including phenoxy) is 3. The molecule has 1 aromatic heterocycles. The highest BCUT2D eigenvalue weighted by Gasteiger charge is 2.29. The van der Waals surface area contributed by atoms with Crippen LogP contribution in [0.15, 0.2) is 30.3 Å². The van der Waals surface area contributed by atoms with Crippen LogP contribution in [0.5, 0.6) is 5.88 Å². The molecule has 2 N–H and O–H groups in total. The molecule has 0 amide bonds. The van der Waals surface area contributed by atoms with Crippen molar-refractivity contribution in [2.24, 2.45) is 5.92 Å². The van der Waals surface area contributed by atoms with Gasteiger partial charge < -0.3 is 19.9 Å². The van der Waals surface area contributed by atoms with Crippen LogP contribution in [-0.4, -0.2) is 35.4 Å². The van der Waals surface area contributed by atoms with Crippen molar-refractivity contribution in [1.82, 2.24) is 9.78 Å². The maximum absolute atomic E-state index is 6.15. The van der Waals surface area contributed by atoms with Gasteiger partial charge in [0.1, 0.15) is 5.82 Å². The van der Waals surface area contributed by atoms with Gasteiger partial charge in [0.2, 0.25) is 5.88 Å². The van der Waals surface area contributed by atoms with Gasteiger partial charge >= 0.3 is 0 Å². The van der Waals surface area contributed by atoms with Gasteiger partial charge in [0, 0.05) is 5.92 Å². The molecule has 0 bridgehead atoms. The first-order valence-electron chi connectivity index (χ1n) is 7.77. The molecule has 2 heterocycles. The number of hydrogen-bond donors (Lipinski definition) is 1. The van der Waals surface area contributed by atoms with E-state index in [1.807, 2.05) is 51.1 Å². The van der Waals surface area contributed by atoms with Gasteiger partial charge in [-0.2, -0.15) is 0 Å². The Hall–Kier alpha value is -2.05. The topological polar surface area (TPSA) is 71.5 Å². The zero-order chi connectivity index (χ0) is 16.4. The molecule has 124 valence electrons. The van der Waals surface area contributed by atoms with Crippen LogP contribution in [0.2, 0.25) is 0 Å². The van der Waals surface area contributed by atoms with Crippen LogP contribution in [0, 0.1) is 12.8 Å². The fourth-order valence-electron chi connectivity index (χ4n) is 2.41. The van der Waals surface area contributed by atoms with E-state index in [4.69, 9.17) is 19.9 Å². The molecule has 23 heavy (non-hydrogen) atoms. The Labute approximate surface area is 136 Å². The molecule has 0 radical (unpaired) electrons. The molecule has 1 aliphatic heterocycles. The van der Waals surface area contributed by atoms with Crippen LogP contribution in [0.4, 0.5) is 5.82 Å². The average molecular weight is 317 g/mol. The van der Waals surface area contributed by atoms with E-state index in [-0.39, 0.29) is 5.92 Å². The van der Waals surface area contributed by atoms with Crippen LogP contribution in [-0.2, 0) is 9.47 Å². The molecule has 1 saturated heterocycles. The minimum Gasteiger partial charge on any atom is -0.476 e. The third-order valence-corrected chi connectivity index (χ3v) is 3.91. The van der Waals surface area contributed by atoms with Gasteiger partial charge in [-0.1, -0.05) is 18.2 Å². The first-order chi connectivity index (χ1) is 11.0. The first-order valence-corrected chi connectivity index (χ1v) is 7.77. The van der Waals surface area contributed by atoms with Gasteiger partial charge in [-0.25, -0.2) is 4.68 Å². The monoisotopic (exact) mass is 317 g/mol. The number of anilines is 1. The summed E-state index contributed by atoms with van der Waals surface area (Å²) in [6.45, 7) is 7.45. The Morgan fingerprint density at radius 2 is 1.91 bits per heavy atom. The molecular weight excluding hydrogens is 294 g/mol. The SMILES string of the molecule is Cc1c(OCC2COC(C)(C)OC2)nn(-c2ccccc2)c1N. The van der Waals surface area contributed by atoms with Gasteiger partial charge in [-0.15, -0.1) is 5.10 Å². The van der Waals surface area contributed by atoms with E-state index in [0.29, 0.717) is 31.5 Å². The third-order valence-electron chi connectivity index (χ3n) is 3.91. The first kappa shape index (κ1) is 15.8. The van der Waals surface area contributed by atoms with Gasteiger partial charge in [-0.05, 0) is 32.9 Å². The summed E-state index contributed by atoms with van der Waals surface area (Å²) >= 11 is 0. The average Bonchev–Trinajstić information content (AvgIpc) is 2.83. The van der Waals surface area contributed by atoms with E-state index in [1.54, 1.807) is 4.68 Å². The molecule has 6 heteroatoms. The van der Waals surface area contributed by atoms with Crippen molar-refractivity contribution in [3.63, 3.8) is 0 Å². The highest BCUT2D eigenvalue weighted by atomic mass is 16.7. The summed E-state index contributed by atoms with van der Waals surface area (Å²) in [4.78, 5) is 0. The predicted molar refractivity (Wildman–Crippen MR) is 87.7 cm³/mol. The van der Waals surface area contributed by atoms with Crippen molar-refractivity contribution >= 4 is 5.82 Å². The van der Waals surface area contributed by atoms with Crippen LogP contribution in [0.25, 0.3) is 5.69 Å². The molecular formula is C17H23N3O3. The van der Waals surface area contributed by atoms with E-state index in [1.165, 1.54) is 0 Å². The number of nitrogens with two attached hydrogens (primary N) is 1. The molecule has 0 spiro atoms. The molecule has 1 aromatic carbocycles. The lowest BCUT2D eigenvalue weighted by Crippen LogP contribution is -2.41. The second-order valence-electron chi connectivity index (χ2n) is 6.26. The van der Waals surface area contributed by atoms with Crippen molar-refractivity contribution in [3.8, 4) is 11.6 Å². The Morgan fingerprint density at radius 1 is 1.26 bits per heavy atom. The number of nitrogens with zero attached hydrogens (tertiary/aromatic N) is 2. The standard InChI is InChI=1S/C17H23N3O3/c1-12-15(18)20(14-7-5-4-6-8-14)19-16(12)21-9-13-10-22-17(2,3)23-11-13/h4-8,13H,9-11,18H2,1-3H3. The van der Waals surface area contributed by atoms with Crippen LogP contribution in [0.1, 0.15) is 19.4 Å². The molecule has 0 aliphatic carbocycles. The van der Waals surface area contributed by atoms with Gasteiger partial charge in [0.15, 0.2) is 5.79 Å². The summed E-state index contributed by atoms with van der Waals surface area (Å²) in [5, 5.41) is 4.48. The predicted octanol–water partition coefficient (Wildman–Crippen LogP) is 2.54. The van der Waals surface area contributed by atoms with Gasteiger partial charge in [0.25, 0.3) is 0 Å². The quantitative estimate of drug-likeness (QED) is 0.938. The van der Waals surface area contributed by atoms with Crippen LogP contribution >= 0.6 is 0 Å². The Morgan fingerprint density at radius 3 is 2.57 bits per heavy atom. The van der Waals surface area contributed by atoms with E-state index >= 15 is 0 Å². The largest absolute Gasteiger partial charge is 0.476 e. The zero-order valence-electron chi connectivity index (χ0n) is 13.8. The number of nitrogen functional groups attached to an aromatic ring is 1. The van der Waals surface area contributed by atoms with Crippen LogP contribution < -0.4 is 10.5 Å². The second-order valence-corrected chi connectivity index (χ2v) is 6.26.